The molecule has 0 radical (unpaired) electrons. The van der Waals surface area contributed by atoms with Crippen LogP contribution in [0.5, 0.6) is 11.5 Å². The van der Waals surface area contributed by atoms with Crippen molar-refractivity contribution < 1.29 is 23.4 Å². The maximum atomic E-state index is 15.9. The molecule has 4 aliphatic rings. The second-order valence-corrected chi connectivity index (χ2v) is 11.6. The van der Waals surface area contributed by atoms with Gasteiger partial charge in [-0.2, -0.15) is 0 Å². The molecule has 3 saturated heterocycles. The molecule has 3 aliphatic heterocycles. The topological polar surface area (TPSA) is 68.3 Å². The zero-order chi connectivity index (χ0) is 27.1. The minimum atomic E-state index is -0.791. The fourth-order valence-corrected chi connectivity index (χ4v) is 7.34. The van der Waals surface area contributed by atoms with Gasteiger partial charge < -0.3 is 25.0 Å². The number of hydrogen-bond acceptors (Lipinski definition) is 6. The molecular formula is C30H38F2N4O3. The fraction of sp³-hybridized carbons (Fsp3) is 0.567. The summed E-state index contributed by atoms with van der Waals surface area (Å²) in [5, 5.41) is 13.9. The summed E-state index contributed by atoms with van der Waals surface area (Å²) in [4.78, 5) is 19.6. The van der Waals surface area contributed by atoms with Crippen molar-refractivity contribution in [1.82, 2.24) is 10.2 Å². The molecule has 1 atom stereocenters. The average Bonchev–Trinajstić information content (AvgIpc) is 3.47. The van der Waals surface area contributed by atoms with E-state index in [4.69, 9.17) is 4.74 Å². The SMILES string of the molecule is COc1cc(N2CCC(CN3CCNCC3)CC2)c(F)cc1[C@@H]1N(c2cccc(F)c2O)C(=O)C12CCCC2. The van der Waals surface area contributed by atoms with Crippen molar-refractivity contribution >= 4 is 17.3 Å². The molecule has 0 bridgehead atoms. The van der Waals surface area contributed by atoms with E-state index < -0.39 is 23.0 Å². The number of benzene rings is 2. The predicted octanol–water partition coefficient (Wildman–Crippen LogP) is 4.45. The number of piperazine rings is 1. The number of piperidine rings is 1. The van der Waals surface area contributed by atoms with Crippen molar-refractivity contribution in [2.24, 2.45) is 11.3 Å². The van der Waals surface area contributed by atoms with Gasteiger partial charge in [0.25, 0.3) is 0 Å². The molecule has 9 heteroatoms. The number of halogens is 2. The third-order valence-electron chi connectivity index (χ3n) is 9.42. The molecular weight excluding hydrogens is 502 g/mol. The summed E-state index contributed by atoms with van der Waals surface area (Å²) >= 11 is 0. The molecule has 0 aromatic heterocycles. The molecule has 1 amide bonds. The Morgan fingerprint density at radius 1 is 1.03 bits per heavy atom. The first kappa shape index (κ1) is 26.3. The van der Waals surface area contributed by atoms with Gasteiger partial charge in [0.05, 0.1) is 29.9 Å². The van der Waals surface area contributed by atoms with Crippen LogP contribution in [0.4, 0.5) is 20.2 Å². The molecule has 2 aromatic rings. The number of β-lactam (4-membered cyclic amide) rings is 1. The van der Waals surface area contributed by atoms with Crippen LogP contribution in [0.3, 0.4) is 0 Å². The van der Waals surface area contributed by atoms with Crippen molar-refractivity contribution in [3.8, 4) is 11.5 Å². The van der Waals surface area contributed by atoms with Crippen molar-refractivity contribution in [2.75, 3.05) is 62.7 Å². The summed E-state index contributed by atoms with van der Waals surface area (Å²) in [6, 6.07) is 6.89. The van der Waals surface area contributed by atoms with Crippen LogP contribution in [-0.2, 0) is 4.79 Å². The number of anilines is 2. The third-order valence-corrected chi connectivity index (χ3v) is 9.42. The first-order valence-corrected chi connectivity index (χ1v) is 14.3. The fourth-order valence-electron chi connectivity index (χ4n) is 7.34. The van der Waals surface area contributed by atoms with Crippen LogP contribution in [0, 0.1) is 23.0 Å². The Hall–Kier alpha value is -2.91. The summed E-state index contributed by atoms with van der Waals surface area (Å²) < 4.78 is 35.9. The van der Waals surface area contributed by atoms with E-state index in [2.05, 4.69) is 15.1 Å². The van der Waals surface area contributed by atoms with E-state index in [1.165, 1.54) is 23.1 Å². The number of hydrogen-bond donors (Lipinski definition) is 2. The summed E-state index contributed by atoms with van der Waals surface area (Å²) in [5.74, 6) is -0.728. The first-order valence-electron chi connectivity index (χ1n) is 14.3. The lowest BCUT2D eigenvalue weighted by atomic mass is 9.66. The third kappa shape index (κ3) is 4.53. The molecule has 6 rings (SSSR count). The number of carbonyl (C=O) groups excluding carboxylic acids is 1. The van der Waals surface area contributed by atoms with Crippen LogP contribution >= 0.6 is 0 Å². The van der Waals surface area contributed by atoms with Crippen LogP contribution in [0.1, 0.15) is 50.1 Å². The van der Waals surface area contributed by atoms with Crippen LogP contribution in [0.25, 0.3) is 0 Å². The van der Waals surface area contributed by atoms with Crippen LogP contribution in [-0.4, -0.2) is 68.8 Å². The molecule has 0 unspecified atom stereocenters. The lowest BCUT2D eigenvalue weighted by Crippen LogP contribution is -2.62. The van der Waals surface area contributed by atoms with Gasteiger partial charge in [0.15, 0.2) is 11.6 Å². The number of aromatic hydroxyl groups is 1. The van der Waals surface area contributed by atoms with Gasteiger partial charge in [-0.3, -0.25) is 9.69 Å². The van der Waals surface area contributed by atoms with E-state index in [1.807, 2.05) is 0 Å². The molecule has 2 aromatic carbocycles. The summed E-state index contributed by atoms with van der Waals surface area (Å²) in [7, 11) is 1.56. The first-order chi connectivity index (χ1) is 18.9. The molecule has 2 N–H and O–H groups in total. The van der Waals surface area contributed by atoms with Crippen LogP contribution in [0.15, 0.2) is 30.3 Å². The Bertz CT molecular complexity index is 1220. The number of methoxy groups -OCH3 is 1. The maximum absolute atomic E-state index is 15.9. The Balaban J connectivity index is 1.27. The van der Waals surface area contributed by atoms with Crippen molar-refractivity contribution in [1.29, 1.82) is 0 Å². The number of ether oxygens (including phenoxy) is 1. The van der Waals surface area contributed by atoms with E-state index in [-0.39, 0.29) is 17.4 Å². The van der Waals surface area contributed by atoms with Gasteiger partial charge in [-0.05, 0) is 49.8 Å². The summed E-state index contributed by atoms with van der Waals surface area (Å²) in [5.41, 5.74) is 0.503. The van der Waals surface area contributed by atoms with Gasteiger partial charge in [-0.1, -0.05) is 18.9 Å². The number of nitrogens with zero attached hydrogens (tertiary/aromatic N) is 3. The predicted molar refractivity (Wildman–Crippen MR) is 146 cm³/mol. The van der Waals surface area contributed by atoms with Gasteiger partial charge in [-0.25, -0.2) is 8.78 Å². The highest BCUT2D eigenvalue weighted by atomic mass is 19.1. The zero-order valence-electron chi connectivity index (χ0n) is 22.6. The number of phenolic OH excluding ortho intramolecular Hbond substituents is 1. The number of phenols is 1. The lowest BCUT2D eigenvalue weighted by molar-refractivity contribution is -0.139. The number of amides is 1. The number of nitrogens with one attached hydrogen (secondary N) is 1. The summed E-state index contributed by atoms with van der Waals surface area (Å²) in [6.07, 6.45) is 5.18. The minimum Gasteiger partial charge on any atom is -0.503 e. The van der Waals surface area contributed by atoms with Crippen LogP contribution < -0.4 is 19.9 Å². The number of para-hydroxylation sites is 1. The lowest BCUT2D eigenvalue weighted by Gasteiger charge is -2.55. The largest absolute Gasteiger partial charge is 0.503 e. The minimum absolute atomic E-state index is 0.112. The highest BCUT2D eigenvalue weighted by Gasteiger charge is 2.63. The molecule has 4 fully saturated rings. The van der Waals surface area contributed by atoms with Crippen molar-refractivity contribution in [2.45, 2.75) is 44.6 Å². The van der Waals surface area contributed by atoms with E-state index in [9.17, 15) is 14.3 Å². The van der Waals surface area contributed by atoms with E-state index in [0.717, 1.165) is 77.6 Å². The molecule has 3 heterocycles. The normalized spacial score (nSPS) is 23.9. The maximum Gasteiger partial charge on any atom is 0.236 e. The Morgan fingerprint density at radius 3 is 2.44 bits per heavy atom. The monoisotopic (exact) mass is 540 g/mol. The number of rotatable bonds is 6. The van der Waals surface area contributed by atoms with Gasteiger partial charge in [0.2, 0.25) is 5.91 Å². The highest BCUT2D eigenvalue weighted by Crippen LogP contribution is 2.62. The van der Waals surface area contributed by atoms with Gasteiger partial charge in [-0.15, -0.1) is 0 Å². The van der Waals surface area contributed by atoms with Gasteiger partial charge >= 0.3 is 0 Å². The quantitative estimate of drug-likeness (QED) is 0.528. The molecule has 210 valence electrons. The van der Waals surface area contributed by atoms with E-state index in [1.54, 1.807) is 13.2 Å². The Morgan fingerprint density at radius 2 is 1.74 bits per heavy atom. The van der Waals surface area contributed by atoms with Crippen LogP contribution in [0.2, 0.25) is 0 Å². The molecule has 1 spiro atoms. The van der Waals surface area contributed by atoms with Crippen molar-refractivity contribution in [3.05, 3.63) is 47.5 Å². The zero-order valence-corrected chi connectivity index (χ0v) is 22.6. The Kier molecular flexibility index (Phi) is 7.14. The standard InChI is InChI=1S/C30H38F2N4O3/c1-39-26-18-25(35-13-7-20(8-14-35)19-34-15-11-33-12-16-34)23(32)17-21(26)28-30(9-2-3-10-30)29(38)36(28)24-6-4-5-22(31)27(24)37/h4-6,17-18,20,28,33,37H,2-3,7-16,19H2,1H3/t28-/m0/s1. The highest BCUT2D eigenvalue weighted by molar-refractivity contribution is 6.07. The Labute approximate surface area is 228 Å². The second kappa shape index (κ2) is 10.6. The van der Waals surface area contributed by atoms with Crippen molar-refractivity contribution in [3.63, 3.8) is 0 Å². The van der Waals surface area contributed by atoms with E-state index >= 15 is 4.39 Å². The molecule has 1 saturated carbocycles. The number of carbonyl (C=O) groups is 1. The summed E-state index contributed by atoms with van der Waals surface area (Å²) in [6.45, 7) is 6.92. The molecule has 1 aliphatic carbocycles. The van der Waals surface area contributed by atoms with E-state index in [0.29, 0.717) is 35.8 Å². The average molecular weight is 541 g/mol. The van der Waals surface area contributed by atoms with Gasteiger partial charge in [0.1, 0.15) is 11.6 Å². The molecule has 39 heavy (non-hydrogen) atoms. The molecule has 7 nitrogen and oxygen atoms in total. The smallest absolute Gasteiger partial charge is 0.236 e. The second-order valence-electron chi connectivity index (χ2n) is 11.6. The van der Waals surface area contributed by atoms with Gasteiger partial charge in [0, 0.05) is 57.4 Å².